The van der Waals surface area contributed by atoms with Crippen LogP contribution in [0.1, 0.15) is 44.0 Å². The molecule has 2 N–H and O–H groups in total. The third-order valence-electron chi connectivity index (χ3n) is 3.33. The van der Waals surface area contributed by atoms with Gasteiger partial charge in [-0.1, -0.05) is 29.5 Å². The third-order valence-corrected chi connectivity index (χ3v) is 5.39. The maximum atomic E-state index is 9.51. The van der Waals surface area contributed by atoms with Gasteiger partial charge >= 0.3 is 0 Å². The second-order valence-corrected chi connectivity index (χ2v) is 8.05. The van der Waals surface area contributed by atoms with Crippen molar-refractivity contribution in [3.8, 4) is 0 Å². The van der Waals surface area contributed by atoms with E-state index in [9.17, 15) is 5.11 Å². The molecule has 1 aliphatic carbocycles. The van der Waals surface area contributed by atoms with Crippen LogP contribution in [0.4, 0.5) is 0 Å². The van der Waals surface area contributed by atoms with Gasteiger partial charge in [-0.2, -0.15) is 0 Å². The molecule has 0 aromatic carbocycles. The van der Waals surface area contributed by atoms with Crippen molar-refractivity contribution in [3.05, 3.63) is 5.01 Å². The van der Waals surface area contributed by atoms with Crippen LogP contribution in [0.3, 0.4) is 0 Å². The van der Waals surface area contributed by atoms with Crippen molar-refractivity contribution in [1.82, 2.24) is 15.5 Å². The number of thioether (sulfide) groups is 1. The molecule has 1 atom stereocenters. The summed E-state index contributed by atoms with van der Waals surface area (Å²) in [5.41, 5.74) is -0.0921. The average molecular weight is 301 g/mol. The molecule has 0 radical (unpaired) electrons. The largest absolute Gasteiger partial charge is 0.394 e. The first-order valence-electron chi connectivity index (χ1n) is 6.93. The molecule has 6 heteroatoms. The molecule has 0 aliphatic heterocycles. The van der Waals surface area contributed by atoms with Gasteiger partial charge in [-0.3, -0.25) is 0 Å². The van der Waals surface area contributed by atoms with E-state index in [1.807, 2.05) is 6.92 Å². The van der Waals surface area contributed by atoms with Crippen LogP contribution in [0, 0.1) is 6.92 Å². The first kappa shape index (κ1) is 15.2. The summed E-state index contributed by atoms with van der Waals surface area (Å²) < 4.78 is 1.07. The minimum absolute atomic E-state index is 0.0921. The Morgan fingerprint density at radius 1 is 1.42 bits per heavy atom. The lowest BCUT2D eigenvalue weighted by Gasteiger charge is -2.29. The lowest BCUT2D eigenvalue weighted by atomic mass is 9.96. The maximum Gasteiger partial charge on any atom is 0.174 e. The van der Waals surface area contributed by atoms with E-state index in [4.69, 9.17) is 0 Å². The maximum absolute atomic E-state index is 9.51. The van der Waals surface area contributed by atoms with Gasteiger partial charge in [0.1, 0.15) is 5.01 Å². The lowest BCUT2D eigenvalue weighted by Crippen LogP contribution is -2.46. The van der Waals surface area contributed by atoms with Crippen molar-refractivity contribution < 1.29 is 5.11 Å². The van der Waals surface area contributed by atoms with Gasteiger partial charge < -0.3 is 10.4 Å². The van der Waals surface area contributed by atoms with Crippen LogP contribution < -0.4 is 5.32 Å². The van der Waals surface area contributed by atoms with Gasteiger partial charge in [-0.15, -0.1) is 10.2 Å². The molecule has 1 heterocycles. The topological polar surface area (TPSA) is 58.0 Å². The molecule has 0 amide bonds. The molecule has 4 nitrogen and oxygen atoms in total. The van der Waals surface area contributed by atoms with E-state index in [1.54, 1.807) is 23.1 Å². The predicted octanol–water partition coefficient (Wildman–Crippen LogP) is 2.61. The van der Waals surface area contributed by atoms with E-state index in [1.165, 1.54) is 12.8 Å². The fourth-order valence-electron chi connectivity index (χ4n) is 2.03. The van der Waals surface area contributed by atoms with Crippen LogP contribution in [0.25, 0.3) is 0 Å². The number of hydrogen-bond acceptors (Lipinski definition) is 6. The molecular formula is C13H23N3OS2. The molecule has 1 saturated carbocycles. The van der Waals surface area contributed by atoms with Crippen LogP contribution in [0.5, 0.6) is 0 Å². The molecular weight excluding hydrogens is 278 g/mol. The quantitative estimate of drug-likeness (QED) is 0.542. The molecule has 1 aromatic heterocycles. The number of aliphatic hydroxyl groups is 1. The summed E-state index contributed by atoms with van der Waals surface area (Å²) in [7, 11) is 0. The highest BCUT2D eigenvalue weighted by Gasteiger charge is 2.31. The Hall–Kier alpha value is -0.170. The Kier molecular flexibility index (Phi) is 5.62. The number of aryl methyl sites for hydroxylation is 1. The van der Waals surface area contributed by atoms with Gasteiger partial charge in [0, 0.05) is 17.3 Å². The molecule has 2 rings (SSSR count). The second-order valence-electron chi connectivity index (χ2n) is 5.53. The number of rotatable bonds is 9. The Morgan fingerprint density at radius 3 is 2.79 bits per heavy atom. The number of nitrogens with zero attached hydrogens (tertiary/aromatic N) is 2. The summed E-state index contributed by atoms with van der Waals surface area (Å²) in [6.45, 7) is 4.34. The highest BCUT2D eigenvalue weighted by atomic mass is 32.2. The smallest absolute Gasteiger partial charge is 0.174 e. The monoisotopic (exact) mass is 301 g/mol. The highest BCUT2D eigenvalue weighted by molar-refractivity contribution is 8.01. The summed E-state index contributed by atoms with van der Waals surface area (Å²) in [6, 6.07) is 0.649. The molecule has 108 valence electrons. The van der Waals surface area contributed by atoms with Crippen molar-refractivity contribution in [3.63, 3.8) is 0 Å². The summed E-state index contributed by atoms with van der Waals surface area (Å²) >= 11 is 3.45. The van der Waals surface area contributed by atoms with E-state index in [-0.39, 0.29) is 12.1 Å². The summed E-state index contributed by atoms with van der Waals surface area (Å²) in [5, 5.41) is 22.2. The average Bonchev–Trinajstić information content (AvgIpc) is 3.09. The van der Waals surface area contributed by atoms with Crippen LogP contribution >= 0.6 is 23.1 Å². The van der Waals surface area contributed by atoms with Crippen LogP contribution in [-0.2, 0) is 0 Å². The van der Waals surface area contributed by atoms with Gasteiger partial charge in [0.15, 0.2) is 4.34 Å². The second kappa shape index (κ2) is 7.02. The van der Waals surface area contributed by atoms with Gasteiger partial charge in [-0.25, -0.2) is 0 Å². The van der Waals surface area contributed by atoms with Gasteiger partial charge in [0.25, 0.3) is 0 Å². The SMILES string of the molecule is Cc1nnc(SCCCCC(C)(CO)NC2CC2)s1. The number of unbranched alkanes of at least 4 members (excludes halogenated alkanes) is 1. The molecule has 19 heavy (non-hydrogen) atoms. The Labute approximate surface area is 123 Å². The molecule has 1 aliphatic rings. The zero-order chi connectivity index (χ0) is 13.7. The number of hydrogen-bond donors (Lipinski definition) is 2. The predicted molar refractivity (Wildman–Crippen MR) is 80.9 cm³/mol. The molecule has 1 aromatic rings. The first-order valence-corrected chi connectivity index (χ1v) is 8.73. The molecule has 0 spiro atoms. The van der Waals surface area contributed by atoms with E-state index in [2.05, 4.69) is 22.4 Å². The number of aliphatic hydroxyl groups excluding tert-OH is 1. The van der Waals surface area contributed by atoms with Crippen molar-refractivity contribution >= 4 is 23.1 Å². The Morgan fingerprint density at radius 2 is 2.21 bits per heavy atom. The molecule has 1 fully saturated rings. The molecule has 1 unspecified atom stereocenters. The van der Waals surface area contributed by atoms with Crippen molar-refractivity contribution in [2.45, 2.75) is 61.9 Å². The minimum atomic E-state index is -0.0921. The summed E-state index contributed by atoms with van der Waals surface area (Å²) in [4.78, 5) is 0. The Balaban J connectivity index is 1.59. The van der Waals surface area contributed by atoms with Gasteiger partial charge in [-0.05, 0) is 39.5 Å². The van der Waals surface area contributed by atoms with E-state index in [0.29, 0.717) is 6.04 Å². The standard InChI is InChI=1S/C13H23N3OS2/c1-10-15-16-12(19-10)18-8-4-3-7-13(2,9-17)14-11-5-6-11/h11,14,17H,3-9H2,1-2H3. The lowest BCUT2D eigenvalue weighted by molar-refractivity contribution is 0.161. The third kappa shape index (κ3) is 5.38. The zero-order valence-corrected chi connectivity index (χ0v) is 13.3. The first-order chi connectivity index (χ1) is 9.11. The van der Waals surface area contributed by atoms with E-state index >= 15 is 0 Å². The van der Waals surface area contributed by atoms with Crippen LogP contribution in [0.2, 0.25) is 0 Å². The zero-order valence-electron chi connectivity index (χ0n) is 11.7. The summed E-state index contributed by atoms with van der Waals surface area (Å²) in [6.07, 6.45) is 5.87. The van der Waals surface area contributed by atoms with Crippen molar-refractivity contribution in [1.29, 1.82) is 0 Å². The van der Waals surface area contributed by atoms with E-state index < -0.39 is 0 Å². The molecule has 0 bridgehead atoms. The van der Waals surface area contributed by atoms with Crippen LogP contribution in [-0.4, -0.2) is 39.2 Å². The van der Waals surface area contributed by atoms with E-state index in [0.717, 1.165) is 34.4 Å². The minimum Gasteiger partial charge on any atom is -0.394 e. The molecule has 0 saturated heterocycles. The van der Waals surface area contributed by atoms with Gasteiger partial charge in [0.05, 0.1) is 6.61 Å². The normalized spacial score (nSPS) is 18.5. The van der Waals surface area contributed by atoms with Crippen molar-refractivity contribution in [2.75, 3.05) is 12.4 Å². The summed E-state index contributed by atoms with van der Waals surface area (Å²) in [5.74, 6) is 1.08. The highest BCUT2D eigenvalue weighted by Crippen LogP contribution is 2.26. The van der Waals surface area contributed by atoms with Crippen LogP contribution in [0.15, 0.2) is 4.34 Å². The van der Waals surface area contributed by atoms with Gasteiger partial charge in [0.2, 0.25) is 0 Å². The fraction of sp³-hybridized carbons (Fsp3) is 0.846. The number of aromatic nitrogens is 2. The van der Waals surface area contributed by atoms with Crippen molar-refractivity contribution in [2.24, 2.45) is 0 Å². The number of nitrogens with one attached hydrogen (secondary N) is 1. The Bertz CT molecular complexity index is 395. The fourth-order valence-corrected chi connectivity index (χ4v) is 3.92.